The van der Waals surface area contributed by atoms with E-state index in [4.69, 9.17) is 4.74 Å². The standard InChI is InChI=1S/C18H26N2O3/c1-13(21)14-8-10-20(11-9-14)18(22)19-16-6-4-12-23-17-7-3-2-5-15(16)17/h2-3,5,7,13-14,16,21H,4,6,8-12H2,1H3,(H,19,22). The van der Waals surface area contributed by atoms with Crippen LogP contribution in [0.2, 0.25) is 0 Å². The van der Waals surface area contributed by atoms with E-state index in [0.717, 1.165) is 37.0 Å². The lowest BCUT2D eigenvalue weighted by molar-refractivity contribution is 0.0792. The molecular formula is C18H26N2O3. The minimum atomic E-state index is -0.286. The molecule has 0 aliphatic carbocycles. The SMILES string of the molecule is CC(O)C1CCN(C(=O)NC2CCCOc3ccccc32)CC1. The first kappa shape index (κ1) is 16.1. The lowest BCUT2D eigenvalue weighted by Gasteiger charge is -2.34. The molecule has 126 valence electrons. The molecule has 0 saturated carbocycles. The fourth-order valence-electron chi connectivity index (χ4n) is 3.50. The summed E-state index contributed by atoms with van der Waals surface area (Å²) in [7, 11) is 0. The van der Waals surface area contributed by atoms with E-state index in [1.54, 1.807) is 0 Å². The number of carbonyl (C=O) groups excluding carboxylic acids is 1. The molecule has 2 aliphatic heterocycles. The van der Waals surface area contributed by atoms with Crippen LogP contribution in [0.25, 0.3) is 0 Å². The Kier molecular flexibility index (Phi) is 5.06. The van der Waals surface area contributed by atoms with Crippen molar-refractivity contribution in [3.05, 3.63) is 29.8 Å². The van der Waals surface area contributed by atoms with Crippen LogP contribution in [0.5, 0.6) is 5.75 Å². The van der Waals surface area contributed by atoms with E-state index in [1.165, 1.54) is 0 Å². The molecule has 5 heteroatoms. The molecule has 1 fully saturated rings. The van der Waals surface area contributed by atoms with E-state index in [-0.39, 0.29) is 18.2 Å². The number of benzene rings is 1. The number of aliphatic hydroxyl groups is 1. The number of fused-ring (bicyclic) bond motifs is 1. The number of aliphatic hydroxyl groups excluding tert-OH is 1. The van der Waals surface area contributed by atoms with Gasteiger partial charge in [0.05, 0.1) is 18.8 Å². The summed E-state index contributed by atoms with van der Waals surface area (Å²) in [6.45, 7) is 3.96. The number of rotatable bonds is 2. The highest BCUT2D eigenvalue weighted by Crippen LogP contribution is 2.31. The van der Waals surface area contributed by atoms with Crippen molar-refractivity contribution in [2.45, 2.75) is 44.8 Å². The molecule has 0 aromatic heterocycles. The average Bonchev–Trinajstić information content (AvgIpc) is 2.77. The Morgan fingerprint density at radius 2 is 2.04 bits per heavy atom. The molecule has 2 unspecified atom stereocenters. The number of nitrogens with one attached hydrogen (secondary N) is 1. The fourth-order valence-corrected chi connectivity index (χ4v) is 3.50. The molecule has 23 heavy (non-hydrogen) atoms. The Bertz CT molecular complexity index is 539. The zero-order valence-corrected chi connectivity index (χ0v) is 13.7. The third-order valence-corrected chi connectivity index (χ3v) is 5.00. The summed E-state index contributed by atoms with van der Waals surface area (Å²) in [6, 6.07) is 7.95. The van der Waals surface area contributed by atoms with Gasteiger partial charge in [0, 0.05) is 18.7 Å². The van der Waals surface area contributed by atoms with Crippen molar-refractivity contribution in [3.63, 3.8) is 0 Å². The van der Waals surface area contributed by atoms with Crippen LogP contribution in [0.3, 0.4) is 0 Å². The zero-order chi connectivity index (χ0) is 16.2. The second-order valence-corrected chi connectivity index (χ2v) is 6.60. The maximum absolute atomic E-state index is 12.6. The van der Waals surface area contributed by atoms with Crippen LogP contribution in [0.4, 0.5) is 4.79 Å². The van der Waals surface area contributed by atoms with Gasteiger partial charge in [-0.15, -0.1) is 0 Å². The zero-order valence-electron chi connectivity index (χ0n) is 13.7. The molecule has 1 aromatic rings. The summed E-state index contributed by atoms with van der Waals surface area (Å²) < 4.78 is 5.75. The summed E-state index contributed by atoms with van der Waals surface area (Å²) in [4.78, 5) is 14.4. The molecular weight excluding hydrogens is 292 g/mol. The molecule has 0 spiro atoms. The summed E-state index contributed by atoms with van der Waals surface area (Å²) in [5, 5.41) is 12.8. The average molecular weight is 318 g/mol. The van der Waals surface area contributed by atoms with Crippen LogP contribution in [-0.4, -0.2) is 41.8 Å². The predicted octanol–water partition coefficient (Wildman–Crippen LogP) is 2.70. The Morgan fingerprint density at radius 3 is 2.78 bits per heavy atom. The van der Waals surface area contributed by atoms with Gasteiger partial charge in [-0.25, -0.2) is 4.79 Å². The van der Waals surface area contributed by atoms with Gasteiger partial charge in [0.1, 0.15) is 5.75 Å². The minimum Gasteiger partial charge on any atom is -0.493 e. The van der Waals surface area contributed by atoms with Crippen LogP contribution in [0, 0.1) is 5.92 Å². The molecule has 2 amide bonds. The smallest absolute Gasteiger partial charge is 0.317 e. The van der Waals surface area contributed by atoms with Crippen LogP contribution in [0.15, 0.2) is 24.3 Å². The maximum Gasteiger partial charge on any atom is 0.317 e. The number of amides is 2. The number of para-hydroxylation sites is 1. The van der Waals surface area contributed by atoms with E-state index in [1.807, 2.05) is 36.1 Å². The molecule has 0 radical (unpaired) electrons. The Labute approximate surface area is 137 Å². The molecule has 2 heterocycles. The van der Waals surface area contributed by atoms with E-state index >= 15 is 0 Å². The number of urea groups is 1. The van der Waals surface area contributed by atoms with Gasteiger partial charge in [-0.1, -0.05) is 18.2 Å². The highest BCUT2D eigenvalue weighted by Gasteiger charge is 2.28. The lowest BCUT2D eigenvalue weighted by Crippen LogP contribution is -2.46. The monoisotopic (exact) mass is 318 g/mol. The first-order valence-electron chi connectivity index (χ1n) is 8.60. The van der Waals surface area contributed by atoms with Gasteiger partial charge >= 0.3 is 6.03 Å². The first-order valence-corrected chi connectivity index (χ1v) is 8.60. The van der Waals surface area contributed by atoms with E-state index in [2.05, 4.69) is 5.32 Å². The molecule has 3 rings (SSSR count). The number of hydrogen-bond donors (Lipinski definition) is 2. The van der Waals surface area contributed by atoms with Crippen LogP contribution < -0.4 is 10.1 Å². The van der Waals surface area contributed by atoms with Gasteiger partial charge in [0.25, 0.3) is 0 Å². The highest BCUT2D eigenvalue weighted by atomic mass is 16.5. The second kappa shape index (κ2) is 7.21. The molecule has 0 bridgehead atoms. The Balaban J connectivity index is 1.62. The normalized spacial score (nSPS) is 23.4. The lowest BCUT2D eigenvalue weighted by atomic mass is 9.92. The number of piperidine rings is 1. The van der Waals surface area contributed by atoms with Crippen molar-refractivity contribution < 1.29 is 14.6 Å². The molecule has 1 aromatic carbocycles. The molecule has 2 aliphatic rings. The third-order valence-electron chi connectivity index (χ3n) is 5.00. The number of ether oxygens (including phenoxy) is 1. The quantitative estimate of drug-likeness (QED) is 0.881. The number of carbonyl (C=O) groups is 1. The number of nitrogens with zero attached hydrogens (tertiary/aromatic N) is 1. The highest BCUT2D eigenvalue weighted by molar-refractivity contribution is 5.75. The van der Waals surface area contributed by atoms with Gasteiger partial charge in [-0.05, 0) is 44.6 Å². The predicted molar refractivity (Wildman–Crippen MR) is 88.4 cm³/mol. The van der Waals surface area contributed by atoms with Crippen molar-refractivity contribution in [1.29, 1.82) is 0 Å². The molecule has 2 atom stereocenters. The summed E-state index contributed by atoms with van der Waals surface area (Å²) >= 11 is 0. The Hall–Kier alpha value is -1.75. The van der Waals surface area contributed by atoms with Crippen molar-refractivity contribution in [2.24, 2.45) is 5.92 Å². The molecule has 5 nitrogen and oxygen atoms in total. The number of likely N-dealkylation sites (tertiary alicyclic amines) is 1. The maximum atomic E-state index is 12.6. The van der Waals surface area contributed by atoms with Crippen LogP contribution in [-0.2, 0) is 0 Å². The topological polar surface area (TPSA) is 61.8 Å². The summed E-state index contributed by atoms with van der Waals surface area (Å²) in [5.41, 5.74) is 1.07. The van der Waals surface area contributed by atoms with Crippen LogP contribution in [0.1, 0.15) is 44.2 Å². The fraction of sp³-hybridized carbons (Fsp3) is 0.611. The Morgan fingerprint density at radius 1 is 1.30 bits per heavy atom. The molecule has 2 N–H and O–H groups in total. The minimum absolute atomic E-state index is 0.00394. The van der Waals surface area contributed by atoms with Crippen molar-refractivity contribution in [2.75, 3.05) is 19.7 Å². The van der Waals surface area contributed by atoms with E-state index in [9.17, 15) is 9.90 Å². The summed E-state index contributed by atoms with van der Waals surface area (Å²) in [5.74, 6) is 1.19. The van der Waals surface area contributed by atoms with Crippen molar-refractivity contribution in [3.8, 4) is 5.75 Å². The van der Waals surface area contributed by atoms with Crippen LogP contribution >= 0.6 is 0 Å². The van der Waals surface area contributed by atoms with Crippen molar-refractivity contribution in [1.82, 2.24) is 10.2 Å². The second-order valence-electron chi connectivity index (χ2n) is 6.60. The summed E-state index contributed by atoms with van der Waals surface area (Å²) in [6.07, 6.45) is 3.28. The van der Waals surface area contributed by atoms with Gasteiger partial charge in [-0.3, -0.25) is 0 Å². The van der Waals surface area contributed by atoms with E-state index in [0.29, 0.717) is 25.6 Å². The number of hydrogen-bond acceptors (Lipinski definition) is 3. The van der Waals surface area contributed by atoms with Gasteiger partial charge < -0.3 is 20.1 Å². The van der Waals surface area contributed by atoms with Gasteiger partial charge in [-0.2, -0.15) is 0 Å². The van der Waals surface area contributed by atoms with Crippen molar-refractivity contribution >= 4 is 6.03 Å². The third kappa shape index (κ3) is 3.78. The van der Waals surface area contributed by atoms with E-state index < -0.39 is 0 Å². The van der Waals surface area contributed by atoms with Gasteiger partial charge in [0.2, 0.25) is 0 Å². The largest absolute Gasteiger partial charge is 0.493 e. The van der Waals surface area contributed by atoms with Gasteiger partial charge in [0.15, 0.2) is 0 Å². The molecule has 1 saturated heterocycles. The first-order chi connectivity index (χ1) is 11.1.